The monoisotopic (exact) mass is 453 g/mol. The fourth-order valence-corrected chi connectivity index (χ4v) is 4.92. The number of benzene rings is 2. The van der Waals surface area contributed by atoms with Gasteiger partial charge < -0.3 is 19.9 Å². The second-order valence-corrected chi connectivity index (χ2v) is 8.89. The average Bonchev–Trinajstić information content (AvgIpc) is 3.35. The summed E-state index contributed by atoms with van der Waals surface area (Å²) in [4.78, 5) is 30.2. The van der Waals surface area contributed by atoms with E-state index in [0.29, 0.717) is 24.1 Å². The third kappa shape index (κ3) is 5.36. The Morgan fingerprint density at radius 3 is 2.36 bits per heavy atom. The van der Waals surface area contributed by atoms with Gasteiger partial charge in [0.25, 0.3) is 5.91 Å². The summed E-state index contributed by atoms with van der Waals surface area (Å²) in [5.41, 5.74) is 1.55. The molecule has 1 heterocycles. The summed E-state index contributed by atoms with van der Waals surface area (Å²) >= 11 is 0. The Balaban J connectivity index is 1.31. The fraction of sp³-hybridized carbons (Fsp3) is 0.462. The lowest BCUT2D eigenvalue weighted by molar-refractivity contribution is -0.153. The van der Waals surface area contributed by atoms with Gasteiger partial charge in [0.2, 0.25) is 0 Å². The first-order valence-electron chi connectivity index (χ1n) is 11.8. The Morgan fingerprint density at radius 1 is 1.03 bits per heavy atom. The summed E-state index contributed by atoms with van der Waals surface area (Å²) in [5.74, 6) is -1.22. The first-order chi connectivity index (χ1) is 16.0. The van der Waals surface area contributed by atoms with Crippen LogP contribution in [-0.2, 0) is 19.7 Å². The summed E-state index contributed by atoms with van der Waals surface area (Å²) < 4.78 is 19.2. The number of hydrogen-bond donors (Lipinski definition) is 1. The number of nitrogens with zero attached hydrogens (tertiary/aromatic N) is 2. The summed E-state index contributed by atoms with van der Waals surface area (Å²) in [6, 6.07) is 13.9. The number of halogens is 1. The van der Waals surface area contributed by atoms with Gasteiger partial charge in [0.1, 0.15) is 5.82 Å². The van der Waals surface area contributed by atoms with Crippen molar-refractivity contribution in [3.63, 3.8) is 0 Å². The number of rotatable bonds is 7. The van der Waals surface area contributed by atoms with E-state index < -0.39 is 11.4 Å². The van der Waals surface area contributed by atoms with Gasteiger partial charge in [-0.2, -0.15) is 0 Å². The second kappa shape index (κ2) is 10.3. The van der Waals surface area contributed by atoms with Crippen molar-refractivity contribution in [3.05, 3.63) is 59.9 Å². The van der Waals surface area contributed by atoms with E-state index in [9.17, 15) is 14.0 Å². The van der Waals surface area contributed by atoms with Crippen molar-refractivity contribution in [2.75, 3.05) is 49.5 Å². The minimum Gasteiger partial charge on any atom is -0.455 e. The van der Waals surface area contributed by atoms with Crippen molar-refractivity contribution in [2.45, 2.75) is 38.0 Å². The molecule has 0 spiro atoms. The molecule has 1 saturated carbocycles. The number of piperazine rings is 1. The number of likely N-dealkylation sites (N-methyl/N-ethyl adjacent to an activating group) is 1. The van der Waals surface area contributed by atoms with Gasteiger partial charge in [0, 0.05) is 37.6 Å². The molecule has 2 aromatic carbocycles. The molecule has 0 bridgehead atoms. The molecule has 1 aliphatic carbocycles. The smallest absolute Gasteiger partial charge is 0.317 e. The molecule has 1 saturated heterocycles. The molecule has 2 aliphatic rings. The summed E-state index contributed by atoms with van der Waals surface area (Å²) in [5, 5.41) is 2.79. The van der Waals surface area contributed by atoms with E-state index in [1.54, 1.807) is 12.1 Å². The molecule has 176 valence electrons. The average molecular weight is 454 g/mol. The number of nitrogens with one attached hydrogen (secondary N) is 1. The molecule has 0 atom stereocenters. The molecule has 2 aromatic rings. The molecule has 4 rings (SSSR count). The molecule has 7 heteroatoms. The summed E-state index contributed by atoms with van der Waals surface area (Å²) in [6.07, 6.45) is 2.95. The third-order valence-corrected chi connectivity index (χ3v) is 6.90. The van der Waals surface area contributed by atoms with Crippen molar-refractivity contribution in [2.24, 2.45) is 0 Å². The van der Waals surface area contributed by atoms with E-state index in [-0.39, 0.29) is 18.3 Å². The van der Waals surface area contributed by atoms with E-state index in [1.807, 2.05) is 24.3 Å². The lowest BCUT2D eigenvalue weighted by Gasteiger charge is -2.35. The van der Waals surface area contributed by atoms with E-state index in [0.717, 1.165) is 51.3 Å². The highest BCUT2D eigenvalue weighted by atomic mass is 19.1. The van der Waals surface area contributed by atoms with Crippen LogP contribution in [0.2, 0.25) is 0 Å². The van der Waals surface area contributed by atoms with Gasteiger partial charge in [-0.3, -0.25) is 9.59 Å². The number of carbonyl (C=O) groups excluding carboxylic acids is 2. The largest absolute Gasteiger partial charge is 0.455 e. The van der Waals surface area contributed by atoms with Crippen molar-refractivity contribution in [1.29, 1.82) is 0 Å². The third-order valence-electron chi connectivity index (χ3n) is 6.90. The van der Waals surface area contributed by atoms with Crippen LogP contribution in [0.1, 0.15) is 38.2 Å². The first-order valence-corrected chi connectivity index (χ1v) is 11.8. The van der Waals surface area contributed by atoms with Crippen molar-refractivity contribution < 1.29 is 18.7 Å². The molecule has 1 N–H and O–H groups in total. The van der Waals surface area contributed by atoms with Crippen LogP contribution in [0.25, 0.3) is 0 Å². The van der Waals surface area contributed by atoms with Crippen LogP contribution in [-0.4, -0.2) is 56.1 Å². The molecule has 1 amide bonds. The minimum atomic E-state index is -0.869. The zero-order chi connectivity index (χ0) is 23.3. The van der Waals surface area contributed by atoms with E-state index in [2.05, 4.69) is 22.0 Å². The van der Waals surface area contributed by atoms with Crippen LogP contribution in [0.4, 0.5) is 15.8 Å². The molecule has 0 radical (unpaired) electrons. The second-order valence-electron chi connectivity index (χ2n) is 8.89. The Labute approximate surface area is 194 Å². The predicted octanol–water partition coefficient (Wildman–Crippen LogP) is 3.96. The van der Waals surface area contributed by atoms with Crippen LogP contribution < -0.4 is 10.2 Å². The van der Waals surface area contributed by atoms with Gasteiger partial charge in [-0.15, -0.1) is 0 Å². The van der Waals surface area contributed by atoms with Crippen molar-refractivity contribution >= 4 is 23.3 Å². The molecule has 33 heavy (non-hydrogen) atoms. The lowest BCUT2D eigenvalue weighted by Crippen LogP contribution is -2.46. The maximum Gasteiger partial charge on any atom is 0.317 e. The van der Waals surface area contributed by atoms with Crippen LogP contribution in [0.15, 0.2) is 48.5 Å². The lowest BCUT2D eigenvalue weighted by atomic mass is 9.79. The minimum absolute atomic E-state index is 0.364. The molecule has 2 fully saturated rings. The highest BCUT2D eigenvalue weighted by Gasteiger charge is 2.44. The van der Waals surface area contributed by atoms with Crippen LogP contribution in [0.3, 0.4) is 0 Å². The van der Waals surface area contributed by atoms with Gasteiger partial charge in [-0.1, -0.05) is 31.9 Å². The zero-order valence-corrected chi connectivity index (χ0v) is 19.2. The Morgan fingerprint density at radius 2 is 1.73 bits per heavy atom. The van der Waals surface area contributed by atoms with Gasteiger partial charge in [-0.05, 0) is 61.3 Å². The van der Waals surface area contributed by atoms with Gasteiger partial charge >= 0.3 is 5.97 Å². The van der Waals surface area contributed by atoms with Gasteiger partial charge in [0.15, 0.2) is 6.61 Å². The van der Waals surface area contributed by atoms with Crippen molar-refractivity contribution in [3.8, 4) is 0 Å². The summed E-state index contributed by atoms with van der Waals surface area (Å²) in [7, 11) is 0. The number of hydrogen-bond acceptors (Lipinski definition) is 5. The van der Waals surface area contributed by atoms with Crippen LogP contribution in [0, 0.1) is 5.82 Å². The first kappa shape index (κ1) is 23.2. The van der Waals surface area contributed by atoms with Gasteiger partial charge in [0.05, 0.1) is 5.41 Å². The molecule has 6 nitrogen and oxygen atoms in total. The fourth-order valence-electron chi connectivity index (χ4n) is 4.92. The van der Waals surface area contributed by atoms with E-state index >= 15 is 0 Å². The van der Waals surface area contributed by atoms with Crippen molar-refractivity contribution in [1.82, 2.24) is 4.90 Å². The Hall–Kier alpha value is -2.93. The van der Waals surface area contributed by atoms with Crippen LogP contribution in [0.5, 0.6) is 0 Å². The SMILES string of the molecule is CCN1CCN(c2ccc(NC(=O)COC(=O)C3(c4cccc(F)c4)CCCC3)cc2)CC1. The maximum absolute atomic E-state index is 13.8. The normalized spacial score (nSPS) is 18.2. The van der Waals surface area contributed by atoms with E-state index in [1.165, 1.54) is 12.1 Å². The van der Waals surface area contributed by atoms with Crippen LogP contribution >= 0.6 is 0 Å². The zero-order valence-electron chi connectivity index (χ0n) is 19.2. The van der Waals surface area contributed by atoms with E-state index in [4.69, 9.17) is 4.74 Å². The number of anilines is 2. The molecule has 0 aromatic heterocycles. The topological polar surface area (TPSA) is 61.9 Å². The highest BCUT2D eigenvalue weighted by molar-refractivity contribution is 5.94. The van der Waals surface area contributed by atoms with Gasteiger partial charge in [-0.25, -0.2) is 4.39 Å². The standard InChI is InChI=1S/C26H32FN3O3/c1-2-29-14-16-30(17-15-29)23-10-8-22(9-11-23)28-24(31)19-33-25(32)26(12-3-4-13-26)20-6-5-7-21(27)18-20/h5-11,18H,2-4,12-17,19H2,1H3,(H,28,31). The number of ether oxygens (including phenoxy) is 1. The molecule has 1 aliphatic heterocycles. The highest BCUT2D eigenvalue weighted by Crippen LogP contribution is 2.42. The Bertz CT molecular complexity index is 965. The molecular weight excluding hydrogens is 421 g/mol. The number of amides is 1. The quantitative estimate of drug-likeness (QED) is 0.643. The molecule has 0 unspecified atom stereocenters. The predicted molar refractivity (Wildman–Crippen MR) is 127 cm³/mol. The maximum atomic E-state index is 13.8. The number of carbonyl (C=O) groups is 2. The molecular formula is C26H32FN3O3. The summed E-state index contributed by atoms with van der Waals surface area (Å²) in [6.45, 7) is 6.98. The number of esters is 1. The Kier molecular flexibility index (Phi) is 7.28.